The van der Waals surface area contributed by atoms with Crippen molar-refractivity contribution in [1.82, 2.24) is 38.9 Å². The van der Waals surface area contributed by atoms with Crippen molar-refractivity contribution in [3.8, 4) is 34.2 Å². The van der Waals surface area contributed by atoms with Crippen LogP contribution in [0.5, 0.6) is 0 Å². The van der Waals surface area contributed by atoms with Crippen LogP contribution in [0.4, 0.5) is 0 Å². The van der Waals surface area contributed by atoms with E-state index in [2.05, 4.69) is 121 Å². The van der Waals surface area contributed by atoms with Crippen LogP contribution in [0.2, 0.25) is 0 Å². The Morgan fingerprint density at radius 3 is 1.44 bits per heavy atom. The van der Waals surface area contributed by atoms with Crippen LogP contribution in [0.1, 0.15) is 83.8 Å². The van der Waals surface area contributed by atoms with E-state index in [1.807, 2.05) is 47.4 Å². The number of carbonyl (C=O) groups excluding carboxylic acids is 1. The molecule has 25 heteroatoms. The normalized spacial score (nSPS) is 13.7. The molecule has 62 heavy (non-hydrogen) atoms. The van der Waals surface area contributed by atoms with Crippen LogP contribution in [0, 0.1) is 31.0 Å². The molecule has 0 aliphatic carbocycles. The Morgan fingerprint density at radius 2 is 1.10 bits per heavy atom. The zero-order valence-corrected chi connectivity index (χ0v) is 63.8. The molecular weight excluding hydrogens is 1450 g/mol. The van der Waals surface area contributed by atoms with E-state index in [1.54, 1.807) is 6.92 Å². The number of ketones is 1. The maximum atomic E-state index is 13.0. The largest absolute Gasteiger partial charge is 1.00 e. The number of thiocarbonyl (C=S) groups is 1. The van der Waals surface area contributed by atoms with Gasteiger partial charge in [-0.3, -0.25) is 10.1 Å². The van der Waals surface area contributed by atoms with E-state index in [9.17, 15) is 14.4 Å². The second-order valence-electron chi connectivity index (χ2n) is 15.1. The summed E-state index contributed by atoms with van der Waals surface area (Å²) in [5.41, 5.74) is 11.0. The van der Waals surface area contributed by atoms with Gasteiger partial charge in [0.25, 0.3) is 0 Å². The molecule has 7 heterocycles. The van der Waals surface area contributed by atoms with Crippen molar-refractivity contribution in [3.63, 3.8) is 0 Å². The molecule has 0 spiro atoms. The Bertz CT molecular complexity index is 2460. The number of Topliss-reactive ketones (excluding diaryl/α,β-unsaturated/α-hetero) is 1. The van der Waals surface area contributed by atoms with Gasteiger partial charge in [0.1, 0.15) is 10.9 Å². The van der Waals surface area contributed by atoms with E-state index in [4.69, 9.17) is 18.0 Å². The summed E-state index contributed by atoms with van der Waals surface area (Å²) < 4.78 is 8.83. The van der Waals surface area contributed by atoms with Crippen LogP contribution in [0.15, 0.2) is 46.2 Å². The molecule has 8 radical (unpaired) electrons. The summed E-state index contributed by atoms with van der Waals surface area (Å²) in [7, 11) is 0. The minimum absolute atomic E-state index is 0. The molecule has 0 fully saturated rings. The molecule has 2 aliphatic rings. The van der Waals surface area contributed by atoms with Gasteiger partial charge in [-0.2, -0.15) is 0 Å². The Balaban J connectivity index is -0.000000200. The molecule has 0 saturated heterocycles. The summed E-state index contributed by atoms with van der Waals surface area (Å²) in [6, 6.07) is 8.07. The average Bonchev–Trinajstić information content (AvgIpc) is 3.84. The second kappa shape index (κ2) is 30.8. The van der Waals surface area contributed by atoms with Crippen LogP contribution in [-0.4, -0.2) is 49.8 Å². The number of nitrogens with zero attached hydrogens (tertiary/aromatic N) is 5. The first-order chi connectivity index (χ1) is 24.0. The molecule has 0 atom stereocenters. The third kappa shape index (κ3) is 14.8. The monoisotopic (exact) mass is 1490 g/mol. The van der Waals surface area contributed by atoms with Crippen LogP contribution in [-0.2, 0) is 284 Å². The number of nitrogens with two attached hydrogens (primary N) is 2. The Kier molecular flexibility index (Phi) is 39.0. The number of rotatable bonds is 2. The van der Waals surface area contributed by atoms with Gasteiger partial charge in [0, 0.05) is 297 Å². The Hall–Kier alpha value is 4.93. The van der Waals surface area contributed by atoms with Gasteiger partial charge >= 0.3 is 29.6 Å². The van der Waals surface area contributed by atoms with Gasteiger partial charge in [-0.05, 0) is 134 Å². The minimum atomic E-state index is -0.336. The molecule has 2 aliphatic heterocycles. The molecule has 0 saturated carbocycles. The van der Waals surface area contributed by atoms with Crippen molar-refractivity contribution in [2.45, 2.75) is 98.3 Å². The number of H-pyrrole nitrogens is 2. The van der Waals surface area contributed by atoms with E-state index in [0.717, 1.165) is 22.8 Å². The SMILES string of the molecule is CC(=O)c1[c-]n2c(c(C)c1=O)-c1cccn1C(C)(C)C2(C)C.Cc1c2n([c-]c(-c3nc(=S)[nH][nH]3)c1=O)C(C)(C)C(C)(C)n1cccc1-2.NNC(N)=S.[Na+].[OH-].[Y].[Y].[Y].[Y].[Y].[Y].[Y].[Y]. The summed E-state index contributed by atoms with van der Waals surface area (Å²) in [6.07, 6.45) is 10.5. The first-order valence-corrected chi connectivity index (χ1v) is 17.5. The molecule has 14 nitrogen and oxygen atoms in total. The summed E-state index contributed by atoms with van der Waals surface area (Å²) >= 11 is 9.27. The fraction of sp³-hybridized carbons (Fsp3) is 0.405. The average molecular weight is 1490 g/mol. The number of pyridine rings is 2. The number of aromatic nitrogens is 7. The maximum Gasteiger partial charge on any atom is 1.00 e. The summed E-state index contributed by atoms with van der Waals surface area (Å²) in [4.78, 5) is 41.5. The van der Waals surface area contributed by atoms with Crippen LogP contribution in [0.25, 0.3) is 34.2 Å². The first-order valence-electron chi connectivity index (χ1n) is 16.7. The first kappa shape index (κ1) is 78.4. The number of aromatic amines is 2. The van der Waals surface area contributed by atoms with E-state index < -0.39 is 0 Å². The van der Waals surface area contributed by atoms with Gasteiger partial charge in [-0.15, -0.1) is 0 Å². The van der Waals surface area contributed by atoms with Gasteiger partial charge in [0.2, 0.25) is 4.77 Å². The summed E-state index contributed by atoms with van der Waals surface area (Å²) in [6.45, 7) is 22.3. The number of carbonyl (C=O) groups is 1. The Morgan fingerprint density at radius 1 is 0.726 bits per heavy atom. The summed E-state index contributed by atoms with van der Waals surface area (Å²) in [5, 5.41) is 5.73. The molecular formula is C37H47N10NaO4S2Y8-2. The number of hydrogen-bond donors (Lipinski definition) is 5. The van der Waals surface area contributed by atoms with Crippen molar-refractivity contribution < 1.29 is 302 Å². The van der Waals surface area contributed by atoms with Crippen LogP contribution >= 0.6 is 24.4 Å². The topological polar surface area (TPSA) is 209 Å². The molecule has 0 unspecified atom stereocenters. The zero-order chi connectivity index (χ0) is 38.9. The second-order valence-corrected chi connectivity index (χ2v) is 15.9. The van der Waals surface area contributed by atoms with Gasteiger partial charge in [-0.1, -0.05) is 37.4 Å². The van der Waals surface area contributed by atoms with Gasteiger partial charge in [0.05, 0.1) is 22.7 Å². The minimum Gasteiger partial charge on any atom is -0.870 e. The standard InChI is InChI=1S/C18H20N5OS.C18H21N2O2.CH5N3S.Na.H2O.8Y/c1-10-13-12-7-6-8-22(12)17(2,3)18(4,5)23(13)9-11(14(10)24)15-19-16(25)21-20-15;1-11-15-14-8-7-9-19(14)17(3,4)18(5,6)20(15)10-13(12(2)21)16(11)22;2-1(5)4-3;;;;;;;;;;/h6-8H,1-5H3,(H2,19,20,21,25);7-9H,1-6H3;3H2,(H3,2,4,5);;1H2;;;;;;;;/q2*-1;;+1;;;;;;;;;/p-1. The number of nitrogens with one attached hydrogen (secondary N) is 3. The van der Waals surface area contributed by atoms with Crippen molar-refractivity contribution in [2.75, 3.05) is 0 Å². The Labute approximate surface area is 598 Å². The smallest absolute Gasteiger partial charge is 0.870 e. The van der Waals surface area contributed by atoms with E-state index in [1.165, 1.54) is 6.92 Å². The van der Waals surface area contributed by atoms with Crippen molar-refractivity contribution >= 4 is 35.3 Å². The molecule has 0 bridgehead atoms. The molecule has 0 amide bonds. The molecule has 8 N–H and O–H groups in total. The number of hydrazine groups is 1. The number of hydrogen-bond acceptors (Lipinski definition) is 8. The van der Waals surface area contributed by atoms with Gasteiger partial charge in [0.15, 0.2) is 5.11 Å². The quantitative estimate of drug-likeness (QED) is 0.0434. The van der Waals surface area contributed by atoms with E-state index in [-0.39, 0.29) is 346 Å². The molecule has 0 aromatic carbocycles. The van der Waals surface area contributed by atoms with Crippen molar-refractivity contribution in [2.24, 2.45) is 11.6 Å². The van der Waals surface area contributed by atoms with Crippen LogP contribution < -0.4 is 57.4 Å². The predicted octanol–water partition coefficient (Wildman–Crippen LogP) is 1.97. The molecule has 5 aromatic rings. The fourth-order valence-corrected chi connectivity index (χ4v) is 7.00. The van der Waals surface area contributed by atoms with Crippen molar-refractivity contribution in [3.05, 3.63) is 91.0 Å². The maximum absolute atomic E-state index is 13.0. The van der Waals surface area contributed by atoms with Gasteiger partial charge in [-0.25, -0.2) is 5.84 Å². The summed E-state index contributed by atoms with van der Waals surface area (Å²) in [5.74, 6) is 4.84. The fourth-order valence-electron chi connectivity index (χ4n) is 6.86. The van der Waals surface area contributed by atoms with Crippen molar-refractivity contribution in [1.29, 1.82) is 0 Å². The van der Waals surface area contributed by atoms with Gasteiger partial charge < -0.3 is 54.4 Å². The zero-order valence-electron chi connectivity index (χ0n) is 37.5. The third-order valence-corrected chi connectivity index (χ3v) is 11.6. The van der Waals surface area contributed by atoms with E-state index >= 15 is 0 Å². The molecule has 7 rings (SSSR count). The third-order valence-electron chi connectivity index (χ3n) is 11.3. The van der Waals surface area contributed by atoms with E-state index in [0.29, 0.717) is 27.3 Å². The molecule has 308 valence electrons. The predicted molar refractivity (Wildman–Crippen MR) is 212 cm³/mol. The van der Waals surface area contributed by atoms with Crippen LogP contribution in [0.3, 0.4) is 0 Å². The number of fused-ring (bicyclic) bond motifs is 6. The molecule has 5 aromatic heterocycles.